The second-order valence-electron chi connectivity index (χ2n) is 8.86. The fourth-order valence-corrected chi connectivity index (χ4v) is 4.68. The van der Waals surface area contributed by atoms with E-state index in [4.69, 9.17) is 10.5 Å². The first kappa shape index (κ1) is 19.2. The van der Waals surface area contributed by atoms with Crippen LogP contribution in [-0.2, 0) is 23.0 Å². The number of aromatic nitrogens is 1. The van der Waals surface area contributed by atoms with Gasteiger partial charge in [0.15, 0.2) is 12.5 Å². The van der Waals surface area contributed by atoms with Crippen molar-refractivity contribution in [2.45, 2.75) is 44.3 Å². The number of fused-ring (bicyclic) bond motifs is 3. The molecule has 2 heterocycles. The van der Waals surface area contributed by atoms with E-state index in [9.17, 15) is 9.59 Å². The smallest absolute Gasteiger partial charge is 0.327 e. The van der Waals surface area contributed by atoms with Crippen LogP contribution in [0.15, 0.2) is 36.7 Å². The van der Waals surface area contributed by atoms with Crippen molar-refractivity contribution in [3.05, 3.63) is 47.9 Å². The Morgan fingerprint density at radius 3 is 2.73 bits per heavy atom. The summed E-state index contributed by atoms with van der Waals surface area (Å²) in [5.74, 6) is -0.137. The Labute approximate surface area is 176 Å². The van der Waals surface area contributed by atoms with Crippen molar-refractivity contribution in [3.63, 3.8) is 0 Å². The number of para-hydroxylation sites is 1. The van der Waals surface area contributed by atoms with E-state index in [0.717, 1.165) is 35.0 Å². The highest BCUT2D eigenvalue weighted by molar-refractivity contribution is 6.11. The highest BCUT2D eigenvalue weighted by Crippen LogP contribution is 2.35. The zero-order chi connectivity index (χ0) is 21.0. The van der Waals surface area contributed by atoms with E-state index in [1.165, 1.54) is 0 Å². The molecule has 1 fully saturated rings. The van der Waals surface area contributed by atoms with Crippen molar-refractivity contribution in [2.75, 3.05) is 13.3 Å². The summed E-state index contributed by atoms with van der Waals surface area (Å²) in [4.78, 5) is 29.5. The number of Topliss-reactive ketones (excluding diaryl/α,β-unsaturated/α-hetero) is 1. The lowest BCUT2D eigenvalue weighted by atomic mass is 9.84. The Balaban J connectivity index is 1.26. The molecule has 0 spiro atoms. The molecule has 2 unspecified atom stereocenters. The van der Waals surface area contributed by atoms with Crippen molar-refractivity contribution in [1.82, 2.24) is 14.4 Å². The number of nitrogens with zero attached hydrogens (tertiary/aromatic N) is 3. The van der Waals surface area contributed by atoms with Crippen LogP contribution in [0.5, 0.6) is 0 Å². The normalized spacial score (nSPS) is 24.4. The van der Waals surface area contributed by atoms with Crippen LogP contribution in [0.2, 0.25) is 0 Å². The van der Waals surface area contributed by atoms with Gasteiger partial charge in [-0.05, 0) is 38.7 Å². The minimum Gasteiger partial charge on any atom is -0.443 e. The van der Waals surface area contributed by atoms with Crippen LogP contribution in [0.4, 0.5) is 0 Å². The van der Waals surface area contributed by atoms with E-state index in [1.54, 1.807) is 0 Å². The maximum atomic E-state index is 13.4. The summed E-state index contributed by atoms with van der Waals surface area (Å²) in [7, 11) is 2.05. The van der Waals surface area contributed by atoms with Gasteiger partial charge in [-0.25, -0.2) is 4.79 Å². The zero-order valence-electron chi connectivity index (χ0n) is 17.5. The number of esters is 1. The molecule has 1 aromatic carbocycles. The van der Waals surface area contributed by atoms with Crippen molar-refractivity contribution in [1.29, 1.82) is 0 Å². The van der Waals surface area contributed by atoms with E-state index in [2.05, 4.69) is 22.5 Å². The highest BCUT2D eigenvalue weighted by atomic mass is 16.5. The molecule has 1 aliphatic heterocycles. The van der Waals surface area contributed by atoms with Gasteiger partial charge in [-0.1, -0.05) is 18.2 Å². The van der Waals surface area contributed by atoms with Crippen LogP contribution in [0.1, 0.15) is 42.2 Å². The van der Waals surface area contributed by atoms with E-state index >= 15 is 0 Å². The maximum Gasteiger partial charge on any atom is 0.327 e. The van der Waals surface area contributed by atoms with Crippen LogP contribution in [0.3, 0.4) is 0 Å². The van der Waals surface area contributed by atoms with Gasteiger partial charge in [0.2, 0.25) is 0 Å². The predicted octanol–water partition coefficient (Wildman–Crippen LogP) is 2.35. The number of nitrogens with two attached hydrogens (primary N) is 1. The summed E-state index contributed by atoms with van der Waals surface area (Å²) in [6.07, 6.45) is 7.07. The molecule has 5 rings (SSSR count). The van der Waals surface area contributed by atoms with Gasteiger partial charge in [0, 0.05) is 54.1 Å². The molecule has 0 amide bonds. The molecule has 1 saturated carbocycles. The third-order valence-electron chi connectivity index (χ3n) is 6.96. The number of ketones is 1. The molecule has 2 aliphatic carbocycles. The van der Waals surface area contributed by atoms with E-state index in [0.29, 0.717) is 19.4 Å². The number of hydrogen-bond donors (Lipinski definition) is 1. The van der Waals surface area contributed by atoms with Crippen molar-refractivity contribution in [2.24, 2.45) is 18.7 Å². The Kier molecular flexibility index (Phi) is 4.39. The minimum absolute atomic E-state index is 0.0208. The number of carbonyl (C=O) groups is 2. The summed E-state index contributed by atoms with van der Waals surface area (Å²) in [5.41, 5.74) is 8.28. The molecule has 7 heteroatoms. The van der Waals surface area contributed by atoms with Crippen LogP contribution in [0, 0.1) is 5.92 Å². The summed E-state index contributed by atoms with van der Waals surface area (Å²) in [6, 6.07) is 8.14. The van der Waals surface area contributed by atoms with Gasteiger partial charge in [-0.3, -0.25) is 4.79 Å². The molecule has 7 nitrogen and oxygen atoms in total. The first-order valence-electron chi connectivity index (χ1n) is 10.7. The molecular weight excluding hydrogens is 380 g/mol. The van der Waals surface area contributed by atoms with Gasteiger partial charge in [-0.15, -0.1) is 0 Å². The maximum absolute atomic E-state index is 13.4. The highest BCUT2D eigenvalue weighted by Gasteiger charge is 2.48. The molecule has 2 aromatic rings. The molecule has 3 aliphatic rings. The Bertz CT molecular complexity index is 1050. The Morgan fingerprint density at radius 2 is 1.97 bits per heavy atom. The van der Waals surface area contributed by atoms with Gasteiger partial charge < -0.3 is 24.8 Å². The largest absolute Gasteiger partial charge is 0.443 e. The number of aryl methyl sites for hydroxylation is 1. The number of carbonyl (C=O) groups excluding carboxylic acids is 2. The fraction of sp³-hybridized carbons (Fsp3) is 0.478. The van der Waals surface area contributed by atoms with Gasteiger partial charge in [0.1, 0.15) is 11.7 Å². The number of ether oxygens (including phenoxy) is 1. The second kappa shape index (κ2) is 6.87. The quantitative estimate of drug-likeness (QED) is 0.765. The SMILES string of the molecule is CC1N(COC(=O)C2(N)CC2)C=CN1CC1CCc2c(c3ccccc3n2C)C1=O. The zero-order valence-corrected chi connectivity index (χ0v) is 17.5. The summed E-state index contributed by atoms with van der Waals surface area (Å²) >= 11 is 0. The first-order valence-corrected chi connectivity index (χ1v) is 10.7. The second-order valence-corrected chi connectivity index (χ2v) is 8.86. The lowest BCUT2D eigenvalue weighted by Crippen LogP contribution is -2.43. The predicted molar refractivity (Wildman–Crippen MR) is 113 cm³/mol. The summed E-state index contributed by atoms with van der Waals surface area (Å²) in [5, 5.41) is 1.05. The third-order valence-corrected chi connectivity index (χ3v) is 6.96. The number of benzene rings is 1. The topological polar surface area (TPSA) is 80.8 Å². The molecule has 1 aromatic heterocycles. The van der Waals surface area contributed by atoms with Crippen LogP contribution < -0.4 is 5.73 Å². The average molecular weight is 409 g/mol. The monoisotopic (exact) mass is 408 g/mol. The Morgan fingerprint density at radius 1 is 1.23 bits per heavy atom. The summed E-state index contributed by atoms with van der Waals surface area (Å²) in [6.45, 7) is 2.89. The van der Waals surface area contributed by atoms with Crippen LogP contribution in [0.25, 0.3) is 10.9 Å². The lowest BCUT2D eigenvalue weighted by Gasteiger charge is -2.33. The molecule has 30 heavy (non-hydrogen) atoms. The number of hydrogen-bond acceptors (Lipinski definition) is 6. The van der Waals surface area contributed by atoms with Crippen molar-refractivity contribution >= 4 is 22.7 Å². The average Bonchev–Trinajstić information content (AvgIpc) is 3.32. The molecule has 0 bridgehead atoms. The van der Waals surface area contributed by atoms with Gasteiger partial charge in [0.25, 0.3) is 0 Å². The lowest BCUT2D eigenvalue weighted by molar-refractivity contribution is -0.151. The Hall–Kier alpha value is -2.80. The van der Waals surface area contributed by atoms with Gasteiger partial charge in [-0.2, -0.15) is 0 Å². The third kappa shape index (κ3) is 2.99. The molecule has 158 valence electrons. The molecule has 0 saturated heterocycles. The van der Waals surface area contributed by atoms with Crippen LogP contribution in [-0.4, -0.2) is 51.1 Å². The van der Waals surface area contributed by atoms with E-state index in [-0.39, 0.29) is 30.6 Å². The number of rotatable bonds is 5. The van der Waals surface area contributed by atoms with Crippen molar-refractivity contribution < 1.29 is 14.3 Å². The fourth-order valence-electron chi connectivity index (χ4n) is 4.68. The van der Waals surface area contributed by atoms with E-state index in [1.807, 2.05) is 42.5 Å². The minimum atomic E-state index is -0.767. The van der Waals surface area contributed by atoms with Gasteiger partial charge in [0.05, 0.1) is 0 Å². The molecular formula is C23H28N4O3. The standard InChI is InChI=1S/C23H28N4O3/c1-15-26(11-12-27(15)14-30-22(29)23(24)9-10-23)13-16-7-8-19-20(21(16)28)17-5-3-4-6-18(17)25(19)2/h3-6,11-12,15-16H,7-10,13-14,24H2,1-2H3. The van der Waals surface area contributed by atoms with Gasteiger partial charge >= 0.3 is 5.97 Å². The van der Waals surface area contributed by atoms with E-state index < -0.39 is 5.54 Å². The molecule has 0 radical (unpaired) electrons. The molecule has 2 N–H and O–H groups in total. The van der Waals surface area contributed by atoms with Crippen molar-refractivity contribution in [3.8, 4) is 0 Å². The summed E-state index contributed by atoms with van der Waals surface area (Å²) < 4.78 is 7.56. The molecule has 2 atom stereocenters. The first-order chi connectivity index (χ1) is 14.4. The van der Waals surface area contributed by atoms with Crippen LogP contribution >= 0.6 is 0 Å².